The fourth-order valence-corrected chi connectivity index (χ4v) is 3.33. The predicted octanol–water partition coefficient (Wildman–Crippen LogP) is 3.29. The summed E-state index contributed by atoms with van der Waals surface area (Å²) in [5.74, 6) is 0.182. The summed E-state index contributed by atoms with van der Waals surface area (Å²) in [5, 5.41) is 16.5. The maximum Gasteiger partial charge on any atom is 0.238 e. The summed E-state index contributed by atoms with van der Waals surface area (Å²) >= 11 is 0. The third-order valence-corrected chi connectivity index (χ3v) is 4.96. The van der Waals surface area contributed by atoms with Crippen LogP contribution in [0.2, 0.25) is 0 Å². The van der Waals surface area contributed by atoms with Crippen LogP contribution in [-0.2, 0) is 10.0 Å². The number of hydrogen-bond acceptors (Lipinski definition) is 5. The Bertz CT molecular complexity index is 1070. The topological polar surface area (TPSA) is 98.0 Å². The number of aryl methyl sites for hydroxylation is 2. The highest BCUT2D eigenvalue weighted by Gasteiger charge is 2.13. The molecule has 0 bridgehead atoms. The average Bonchev–Trinajstić information content (AvgIpc) is 2.57. The molecule has 3 aromatic rings. The first-order valence-corrected chi connectivity index (χ1v) is 9.29. The van der Waals surface area contributed by atoms with Crippen molar-refractivity contribution >= 4 is 21.5 Å². The summed E-state index contributed by atoms with van der Waals surface area (Å²) in [7, 11) is -3.81. The number of anilines is 2. The molecule has 2 aromatic carbocycles. The number of nitrogens with two attached hydrogens (primary N) is 1. The van der Waals surface area contributed by atoms with Crippen molar-refractivity contribution in [2.24, 2.45) is 5.14 Å². The highest BCUT2D eigenvalue weighted by molar-refractivity contribution is 7.89. The van der Waals surface area contributed by atoms with E-state index >= 15 is 0 Å². The molecule has 0 aliphatic rings. The van der Waals surface area contributed by atoms with Gasteiger partial charge in [0, 0.05) is 11.3 Å². The number of nitrogens with zero attached hydrogens (tertiary/aromatic N) is 2. The fourth-order valence-electron chi connectivity index (χ4n) is 2.52. The molecule has 0 amide bonds. The predicted molar refractivity (Wildman–Crippen MR) is 98.0 cm³/mol. The molecule has 0 aliphatic carbocycles. The van der Waals surface area contributed by atoms with Crippen molar-refractivity contribution in [2.75, 3.05) is 5.32 Å². The van der Waals surface area contributed by atoms with E-state index < -0.39 is 10.0 Å². The minimum Gasteiger partial charge on any atom is -0.339 e. The molecule has 134 valence electrons. The Kier molecular flexibility index (Phi) is 4.71. The lowest BCUT2D eigenvalue weighted by Gasteiger charge is -2.09. The lowest BCUT2D eigenvalue weighted by molar-refractivity contribution is 0.597. The van der Waals surface area contributed by atoms with E-state index in [9.17, 15) is 12.8 Å². The highest BCUT2D eigenvalue weighted by atomic mass is 32.2. The third kappa shape index (κ3) is 3.87. The summed E-state index contributed by atoms with van der Waals surface area (Å²) in [6.07, 6.45) is 0. The molecule has 0 atom stereocenters. The van der Waals surface area contributed by atoms with Gasteiger partial charge in [0.1, 0.15) is 5.82 Å². The van der Waals surface area contributed by atoms with E-state index in [1.54, 1.807) is 44.2 Å². The number of hydrogen-bond donors (Lipinski definition) is 2. The molecule has 0 unspecified atom stereocenters. The highest BCUT2D eigenvalue weighted by Crippen LogP contribution is 2.24. The zero-order valence-electron chi connectivity index (χ0n) is 14.2. The van der Waals surface area contributed by atoms with E-state index in [4.69, 9.17) is 5.14 Å². The lowest BCUT2D eigenvalue weighted by atomic mass is 10.1. The maximum absolute atomic E-state index is 13.2. The Labute approximate surface area is 150 Å². The summed E-state index contributed by atoms with van der Waals surface area (Å²) in [5.41, 5.74) is 3.13. The molecule has 0 radical (unpaired) electrons. The number of benzene rings is 2. The van der Waals surface area contributed by atoms with Gasteiger partial charge in [0.2, 0.25) is 10.0 Å². The van der Waals surface area contributed by atoms with Gasteiger partial charge in [0.25, 0.3) is 0 Å². The number of rotatable bonds is 4. The Balaban J connectivity index is 1.88. The normalized spacial score (nSPS) is 11.4. The molecular formula is C18H17FN4O2S. The smallest absolute Gasteiger partial charge is 0.238 e. The largest absolute Gasteiger partial charge is 0.339 e. The number of sulfonamides is 1. The van der Waals surface area contributed by atoms with Crippen LogP contribution in [0.5, 0.6) is 0 Å². The van der Waals surface area contributed by atoms with Crippen LogP contribution in [-0.4, -0.2) is 18.6 Å². The molecule has 0 fully saturated rings. The Hall–Kier alpha value is -2.84. The summed E-state index contributed by atoms with van der Waals surface area (Å²) in [6.45, 7) is 3.46. The van der Waals surface area contributed by atoms with Gasteiger partial charge in [-0.05, 0) is 61.4 Å². The first kappa shape index (κ1) is 18.0. The van der Waals surface area contributed by atoms with E-state index in [1.807, 2.05) is 0 Å². The van der Waals surface area contributed by atoms with E-state index in [-0.39, 0.29) is 10.7 Å². The average molecular weight is 372 g/mol. The van der Waals surface area contributed by atoms with Crippen molar-refractivity contribution < 1.29 is 12.8 Å². The number of nitrogens with one attached hydrogen (secondary N) is 1. The van der Waals surface area contributed by atoms with Gasteiger partial charge in [-0.3, -0.25) is 0 Å². The van der Waals surface area contributed by atoms with Crippen LogP contribution >= 0.6 is 0 Å². The standard InChI is InChI=1S/C18H17FN4O2S/c1-11-3-4-13(10-17(11)26(20,24)25)16-7-8-18(23-22-16)21-15-6-5-14(19)9-12(15)2/h3-10H,1-2H3,(H,21,23)(H2,20,24,25). The second-order valence-electron chi connectivity index (χ2n) is 5.91. The van der Waals surface area contributed by atoms with Crippen LogP contribution in [0.15, 0.2) is 53.4 Å². The van der Waals surface area contributed by atoms with Crippen LogP contribution in [0.1, 0.15) is 11.1 Å². The molecule has 1 heterocycles. The van der Waals surface area contributed by atoms with Crippen LogP contribution in [0.4, 0.5) is 15.9 Å². The van der Waals surface area contributed by atoms with Crippen molar-refractivity contribution in [3.05, 3.63) is 65.5 Å². The van der Waals surface area contributed by atoms with E-state index in [2.05, 4.69) is 15.5 Å². The maximum atomic E-state index is 13.2. The van der Waals surface area contributed by atoms with Crippen molar-refractivity contribution in [1.82, 2.24) is 10.2 Å². The molecule has 0 saturated carbocycles. The first-order valence-electron chi connectivity index (χ1n) is 7.75. The summed E-state index contributed by atoms with van der Waals surface area (Å²) in [6, 6.07) is 12.7. The Morgan fingerprint density at radius 3 is 2.35 bits per heavy atom. The molecule has 0 saturated heterocycles. The van der Waals surface area contributed by atoms with Crippen LogP contribution in [0.3, 0.4) is 0 Å². The van der Waals surface area contributed by atoms with Gasteiger partial charge >= 0.3 is 0 Å². The lowest BCUT2D eigenvalue weighted by Crippen LogP contribution is -2.13. The van der Waals surface area contributed by atoms with Crippen molar-refractivity contribution in [2.45, 2.75) is 18.7 Å². The number of primary sulfonamides is 1. The molecule has 6 nitrogen and oxygen atoms in total. The van der Waals surface area contributed by atoms with Gasteiger partial charge in [0.05, 0.1) is 10.6 Å². The van der Waals surface area contributed by atoms with E-state index in [0.29, 0.717) is 22.6 Å². The summed E-state index contributed by atoms with van der Waals surface area (Å²) in [4.78, 5) is 0.0564. The zero-order valence-corrected chi connectivity index (χ0v) is 15.0. The molecule has 3 rings (SSSR count). The second kappa shape index (κ2) is 6.81. The van der Waals surface area contributed by atoms with Crippen LogP contribution in [0.25, 0.3) is 11.3 Å². The van der Waals surface area contributed by atoms with Gasteiger partial charge < -0.3 is 5.32 Å². The molecule has 8 heteroatoms. The van der Waals surface area contributed by atoms with Crippen molar-refractivity contribution in [3.63, 3.8) is 0 Å². The Morgan fingerprint density at radius 1 is 0.962 bits per heavy atom. The first-order chi connectivity index (χ1) is 12.2. The minimum atomic E-state index is -3.81. The SMILES string of the molecule is Cc1cc(F)ccc1Nc1ccc(-c2ccc(C)c(S(N)(=O)=O)c2)nn1. The number of aromatic nitrogens is 2. The molecule has 0 spiro atoms. The summed E-state index contributed by atoms with van der Waals surface area (Å²) < 4.78 is 36.5. The van der Waals surface area contributed by atoms with E-state index in [1.165, 1.54) is 18.2 Å². The second-order valence-corrected chi connectivity index (χ2v) is 7.44. The molecule has 26 heavy (non-hydrogen) atoms. The van der Waals surface area contributed by atoms with Crippen molar-refractivity contribution in [3.8, 4) is 11.3 Å². The molecule has 1 aromatic heterocycles. The monoisotopic (exact) mass is 372 g/mol. The molecule has 0 aliphatic heterocycles. The third-order valence-electron chi connectivity index (χ3n) is 3.91. The molecule has 3 N–H and O–H groups in total. The fraction of sp³-hybridized carbons (Fsp3) is 0.111. The van der Waals surface area contributed by atoms with Gasteiger partial charge in [-0.25, -0.2) is 17.9 Å². The van der Waals surface area contributed by atoms with E-state index in [0.717, 1.165) is 11.3 Å². The van der Waals surface area contributed by atoms with Gasteiger partial charge in [0.15, 0.2) is 5.82 Å². The number of halogens is 1. The molecular weight excluding hydrogens is 355 g/mol. The van der Waals surface area contributed by atoms with Gasteiger partial charge in [-0.2, -0.15) is 0 Å². The zero-order chi connectivity index (χ0) is 18.9. The minimum absolute atomic E-state index is 0.0564. The van der Waals surface area contributed by atoms with Gasteiger partial charge in [-0.1, -0.05) is 12.1 Å². The van der Waals surface area contributed by atoms with Gasteiger partial charge in [-0.15, -0.1) is 10.2 Å². The van der Waals surface area contributed by atoms with Crippen molar-refractivity contribution in [1.29, 1.82) is 0 Å². The quantitative estimate of drug-likeness (QED) is 0.732. The van der Waals surface area contributed by atoms with Crippen LogP contribution < -0.4 is 10.5 Å². The van der Waals surface area contributed by atoms with Crippen LogP contribution in [0, 0.1) is 19.7 Å². The Morgan fingerprint density at radius 2 is 1.73 bits per heavy atom.